The number of hydrogen-bond acceptors (Lipinski definition) is 3. The maximum Gasteiger partial charge on any atom is 0.306 e. The van der Waals surface area contributed by atoms with Gasteiger partial charge < -0.3 is 9.84 Å². The van der Waals surface area contributed by atoms with Crippen LogP contribution in [0.3, 0.4) is 0 Å². The summed E-state index contributed by atoms with van der Waals surface area (Å²) in [7, 11) is 0. The van der Waals surface area contributed by atoms with Crippen molar-refractivity contribution in [2.75, 3.05) is 0 Å². The summed E-state index contributed by atoms with van der Waals surface area (Å²) in [6.45, 7) is 1.78. The fraction of sp³-hybridized carbons (Fsp3) is 0.800. The number of carbonyl (C=O) groups is 1. The largest absolute Gasteiger partial charge is 0.509 e. The Balaban J connectivity index is 2.55. The van der Waals surface area contributed by atoms with E-state index in [4.69, 9.17) is 4.74 Å². The van der Waals surface area contributed by atoms with Crippen LogP contribution in [0.5, 0.6) is 0 Å². The fourth-order valence-corrected chi connectivity index (χ4v) is 2.25. The Morgan fingerprint density at radius 1 is 1.22 bits per heavy atom. The molecule has 1 unspecified atom stereocenters. The zero-order chi connectivity index (χ0) is 13.2. The lowest BCUT2D eigenvalue weighted by molar-refractivity contribution is -0.148. The molecular weight excluding hydrogens is 228 g/mol. The molecule has 0 bridgehead atoms. The van der Waals surface area contributed by atoms with Crippen molar-refractivity contribution in [2.45, 2.75) is 77.2 Å². The highest BCUT2D eigenvalue weighted by Crippen LogP contribution is 2.18. The summed E-state index contributed by atoms with van der Waals surface area (Å²) in [4.78, 5) is 11.3. The summed E-state index contributed by atoms with van der Waals surface area (Å²) in [5.74, 6) is 0.0180. The summed E-state index contributed by atoms with van der Waals surface area (Å²) in [5.41, 5.74) is 0. The maximum absolute atomic E-state index is 11.3. The molecule has 0 aromatic heterocycles. The van der Waals surface area contributed by atoms with Crippen LogP contribution in [0.2, 0.25) is 0 Å². The minimum atomic E-state index is -0.420. The monoisotopic (exact) mass is 254 g/mol. The van der Waals surface area contributed by atoms with E-state index in [1.807, 2.05) is 6.08 Å². The van der Waals surface area contributed by atoms with Crippen LogP contribution < -0.4 is 0 Å². The van der Waals surface area contributed by atoms with Crippen LogP contribution in [-0.2, 0) is 9.53 Å². The molecule has 1 N–H and O–H groups in total. The van der Waals surface area contributed by atoms with E-state index in [-0.39, 0.29) is 11.7 Å². The average Bonchev–Trinajstić information content (AvgIpc) is 2.37. The first-order chi connectivity index (χ1) is 8.74. The van der Waals surface area contributed by atoms with Gasteiger partial charge in [0.05, 0.1) is 0 Å². The lowest BCUT2D eigenvalue weighted by atomic mass is 10.0. The van der Waals surface area contributed by atoms with Crippen LogP contribution in [0, 0.1) is 0 Å². The predicted molar refractivity (Wildman–Crippen MR) is 72.4 cm³/mol. The van der Waals surface area contributed by atoms with Crippen LogP contribution in [0.25, 0.3) is 0 Å². The molecule has 0 amide bonds. The molecule has 3 nitrogen and oxygen atoms in total. The van der Waals surface area contributed by atoms with Gasteiger partial charge in [0, 0.05) is 6.42 Å². The van der Waals surface area contributed by atoms with Crippen molar-refractivity contribution in [3.05, 3.63) is 11.8 Å². The lowest BCUT2D eigenvalue weighted by Crippen LogP contribution is -2.20. The van der Waals surface area contributed by atoms with Crippen LogP contribution >= 0.6 is 0 Å². The Morgan fingerprint density at radius 3 is 2.50 bits per heavy atom. The molecule has 0 saturated heterocycles. The number of ether oxygens (including phenoxy) is 1. The van der Waals surface area contributed by atoms with Gasteiger partial charge in [0.15, 0.2) is 6.10 Å². The van der Waals surface area contributed by atoms with Gasteiger partial charge in [0.25, 0.3) is 0 Å². The third-order valence-electron chi connectivity index (χ3n) is 3.42. The van der Waals surface area contributed by atoms with Gasteiger partial charge >= 0.3 is 5.97 Å². The van der Waals surface area contributed by atoms with E-state index in [1.54, 1.807) is 6.92 Å². The van der Waals surface area contributed by atoms with E-state index in [2.05, 4.69) is 0 Å². The Labute approximate surface area is 110 Å². The van der Waals surface area contributed by atoms with Crippen LogP contribution in [0.1, 0.15) is 71.1 Å². The minimum Gasteiger partial charge on any atom is -0.509 e. The summed E-state index contributed by atoms with van der Waals surface area (Å²) in [6.07, 6.45) is 11.8. The van der Waals surface area contributed by atoms with E-state index < -0.39 is 6.10 Å². The number of aliphatic hydroxyl groups is 1. The van der Waals surface area contributed by atoms with Gasteiger partial charge in [-0.15, -0.1) is 0 Å². The van der Waals surface area contributed by atoms with Crippen molar-refractivity contribution in [2.24, 2.45) is 0 Å². The van der Waals surface area contributed by atoms with E-state index in [9.17, 15) is 9.90 Å². The molecule has 0 spiro atoms. The molecule has 104 valence electrons. The molecule has 0 aromatic rings. The van der Waals surface area contributed by atoms with E-state index >= 15 is 0 Å². The molecule has 3 heteroatoms. The molecule has 1 aliphatic carbocycles. The first kappa shape index (κ1) is 15.1. The third kappa shape index (κ3) is 6.08. The van der Waals surface area contributed by atoms with Crippen molar-refractivity contribution >= 4 is 5.97 Å². The molecule has 1 rings (SSSR count). The SMILES string of the molecule is CCC(=O)OC1CCCCCCCCCC=C1O. The average molecular weight is 254 g/mol. The van der Waals surface area contributed by atoms with Crippen molar-refractivity contribution in [3.8, 4) is 0 Å². The molecule has 0 aromatic carbocycles. The molecule has 0 radical (unpaired) electrons. The third-order valence-corrected chi connectivity index (χ3v) is 3.42. The Kier molecular flexibility index (Phi) is 7.54. The van der Waals surface area contributed by atoms with Gasteiger partial charge in [0.1, 0.15) is 5.76 Å². The number of rotatable bonds is 2. The molecule has 18 heavy (non-hydrogen) atoms. The molecule has 0 heterocycles. The summed E-state index contributed by atoms with van der Waals surface area (Å²) < 4.78 is 5.30. The molecule has 0 aliphatic heterocycles. The quantitative estimate of drug-likeness (QED) is 0.748. The van der Waals surface area contributed by atoms with Gasteiger partial charge in [-0.25, -0.2) is 0 Å². The van der Waals surface area contributed by atoms with Crippen LogP contribution in [-0.4, -0.2) is 17.2 Å². The Morgan fingerprint density at radius 2 is 1.83 bits per heavy atom. The number of allylic oxidation sites excluding steroid dienone is 1. The van der Waals surface area contributed by atoms with Crippen LogP contribution in [0.4, 0.5) is 0 Å². The van der Waals surface area contributed by atoms with Gasteiger partial charge in [-0.2, -0.15) is 0 Å². The van der Waals surface area contributed by atoms with E-state index in [0.29, 0.717) is 6.42 Å². The fourth-order valence-electron chi connectivity index (χ4n) is 2.25. The smallest absolute Gasteiger partial charge is 0.306 e. The topological polar surface area (TPSA) is 46.5 Å². The van der Waals surface area contributed by atoms with Crippen molar-refractivity contribution in [1.82, 2.24) is 0 Å². The number of hydrogen-bond donors (Lipinski definition) is 1. The van der Waals surface area contributed by atoms with Gasteiger partial charge in [-0.05, 0) is 31.8 Å². The molecular formula is C15H26O3. The highest BCUT2D eigenvalue weighted by atomic mass is 16.6. The van der Waals surface area contributed by atoms with Crippen molar-refractivity contribution in [3.63, 3.8) is 0 Å². The number of aliphatic hydroxyl groups excluding tert-OH is 1. The van der Waals surface area contributed by atoms with Gasteiger partial charge in [-0.3, -0.25) is 4.79 Å². The number of esters is 1. The summed E-state index contributed by atoms with van der Waals surface area (Å²) in [6, 6.07) is 0. The second-order valence-electron chi connectivity index (χ2n) is 5.01. The predicted octanol–water partition coefficient (Wildman–Crippen LogP) is 4.27. The first-order valence-corrected chi connectivity index (χ1v) is 7.32. The van der Waals surface area contributed by atoms with Crippen molar-refractivity contribution in [1.29, 1.82) is 0 Å². The normalized spacial score (nSPS) is 23.4. The maximum atomic E-state index is 11.3. The Bertz CT molecular complexity index is 271. The molecule has 0 fully saturated rings. The van der Waals surface area contributed by atoms with Crippen molar-refractivity contribution < 1.29 is 14.6 Å². The molecule has 1 aliphatic rings. The van der Waals surface area contributed by atoms with E-state index in [0.717, 1.165) is 32.1 Å². The second-order valence-corrected chi connectivity index (χ2v) is 5.01. The molecule has 0 saturated carbocycles. The first-order valence-electron chi connectivity index (χ1n) is 7.32. The van der Waals surface area contributed by atoms with Gasteiger partial charge in [0.2, 0.25) is 0 Å². The van der Waals surface area contributed by atoms with Gasteiger partial charge in [-0.1, -0.05) is 39.0 Å². The highest BCUT2D eigenvalue weighted by molar-refractivity contribution is 5.69. The highest BCUT2D eigenvalue weighted by Gasteiger charge is 2.17. The Hall–Kier alpha value is -0.990. The lowest BCUT2D eigenvalue weighted by Gasteiger charge is -2.17. The summed E-state index contributed by atoms with van der Waals surface area (Å²) in [5, 5.41) is 9.98. The van der Waals surface area contributed by atoms with E-state index in [1.165, 1.54) is 25.7 Å². The summed E-state index contributed by atoms with van der Waals surface area (Å²) >= 11 is 0. The number of carbonyl (C=O) groups excluding carboxylic acids is 1. The van der Waals surface area contributed by atoms with Crippen LogP contribution in [0.15, 0.2) is 11.8 Å². The second kappa shape index (κ2) is 9.01. The minimum absolute atomic E-state index is 0.230. The zero-order valence-electron chi connectivity index (χ0n) is 11.5. The zero-order valence-corrected chi connectivity index (χ0v) is 11.5. The molecule has 1 atom stereocenters. The standard InChI is InChI=1S/C15H26O3/c1-2-15(17)18-14-12-10-8-6-4-3-5-7-9-11-13(14)16/h11,14,16H,2-10,12H2,1H3.